The molecule has 5 heteroatoms. The van der Waals surface area contributed by atoms with E-state index in [4.69, 9.17) is 14.2 Å². The minimum atomic E-state index is -1.19. The number of rotatable bonds is 3. The van der Waals surface area contributed by atoms with Gasteiger partial charge in [0.1, 0.15) is 5.75 Å². The highest BCUT2D eigenvalue weighted by Crippen LogP contribution is 2.47. The van der Waals surface area contributed by atoms with Gasteiger partial charge < -0.3 is 14.2 Å². The summed E-state index contributed by atoms with van der Waals surface area (Å²) in [6.07, 6.45) is 1.73. The largest absolute Gasteiger partial charge is 0.497 e. The summed E-state index contributed by atoms with van der Waals surface area (Å²) in [5.41, 5.74) is 2.16. The van der Waals surface area contributed by atoms with Crippen molar-refractivity contribution in [2.45, 2.75) is 45.3 Å². The Kier molecular flexibility index (Phi) is 3.82. The van der Waals surface area contributed by atoms with Crippen molar-refractivity contribution < 1.29 is 23.8 Å². The Balaban J connectivity index is 2.01. The van der Waals surface area contributed by atoms with Crippen molar-refractivity contribution in [3.63, 3.8) is 0 Å². The number of ether oxygens (including phenoxy) is 3. The number of carbonyl (C=O) groups excluding carboxylic acids is 2. The molecule has 124 valence electrons. The predicted octanol–water partition coefficient (Wildman–Crippen LogP) is 2.81. The maximum atomic E-state index is 12.5. The van der Waals surface area contributed by atoms with Crippen molar-refractivity contribution >= 4 is 11.9 Å². The first kappa shape index (κ1) is 15.8. The summed E-state index contributed by atoms with van der Waals surface area (Å²) in [6, 6.07) is 5.85. The number of esters is 2. The first-order valence-corrected chi connectivity index (χ1v) is 7.99. The van der Waals surface area contributed by atoms with Gasteiger partial charge in [0.05, 0.1) is 7.11 Å². The zero-order valence-corrected chi connectivity index (χ0v) is 13.9. The molecule has 2 unspecified atom stereocenters. The molecule has 1 saturated heterocycles. The molecule has 3 rings (SSSR count). The molecule has 0 aromatic heterocycles. The Morgan fingerprint density at radius 1 is 1.22 bits per heavy atom. The lowest BCUT2D eigenvalue weighted by molar-refractivity contribution is -0.241. The van der Waals surface area contributed by atoms with Crippen LogP contribution in [-0.2, 0) is 25.5 Å². The van der Waals surface area contributed by atoms with E-state index in [1.54, 1.807) is 21.0 Å². The SMILES string of the molecule is CCC1Cc2ccc(OC)cc2C1C1C(=O)OC(C)(C)OC1=O. The highest BCUT2D eigenvalue weighted by Gasteiger charge is 2.51. The first-order valence-electron chi connectivity index (χ1n) is 7.99. The third kappa shape index (κ3) is 2.69. The van der Waals surface area contributed by atoms with Crippen molar-refractivity contribution in [2.24, 2.45) is 11.8 Å². The van der Waals surface area contributed by atoms with Gasteiger partial charge in [0, 0.05) is 19.8 Å². The zero-order chi connectivity index (χ0) is 16.8. The standard InChI is InChI=1S/C18H22O5/c1-5-10-8-11-6-7-12(21-4)9-13(11)14(10)15-16(19)22-18(2,3)23-17(15)20/h6-7,9-10,14-15H,5,8H2,1-4H3. The summed E-state index contributed by atoms with van der Waals surface area (Å²) in [4.78, 5) is 25.0. The number of hydrogen-bond acceptors (Lipinski definition) is 5. The second kappa shape index (κ2) is 5.55. The Bertz CT molecular complexity index is 629. The lowest BCUT2D eigenvalue weighted by Gasteiger charge is -2.36. The maximum absolute atomic E-state index is 12.5. The van der Waals surface area contributed by atoms with Gasteiger partial charge in [-0.2, -0.15) is 0 Å². The molecule has 5 nitrogen and oxygen atoms in total. The van der Waals surface area contributed by atoms with Gasteiger partial charge in [-0.1, -0.05) is 19.4 Å². The molecular weight excluding hydrogens is 296 g/mol. The van der Waals surface area contributed by atoms with E-state index in [2.05, 4.69) is 6.92 Å². The quantitative estimate of drug-likeness (QED) is 0.633. The maximum Gasteiger partial charge on any atom is 0.324 e. The van der Waals surface area contributed by atoms with Gasteiger partial charge in [0.2, 0.25) is 0 Å². The van der Waals surface area contributed by atoms with Crippen molar-refractivity contribution in [3.05, 3.63) is 29.3 Å². The first-order chi connectivity index (χ1) is 10.9. The van der Waals surface area contributed by atoms with Gasteiger partial charge >= 0.3 is 11.9 Å². The van der Waals surface area contributed by atoms with Crippen LogP contribution in [0.5, 0.6) is 5.75 Å². The number of carbonyl (C=O) groups is 2. The third-order valence-electron chi connectivity index (χ3n) is 4.79. The van der Waals surface area contributed by atoms with Gasteiger partial charge in [0.25, 0.3) is 5.79 Å². The van der Waals surface area contributed by atoms with Gasteiger partial charge in [-0.25, -0.2) is 0 Å². The van der Waals surface area contributed by atoms with Crippen LogP contribution in [0.4, 0.5) is 0 Å². The summed E-state index contributed by atoms with van der Waals surface area (Å²) >= 11 is 0. The summed E-state index contributed by atoms with van der Waals surface area (Å²) < 4.78 is 15.9. The van der Waals surface area contributed by atoms with E-state index >= 15 is 0 Å². The van der Waals surface area contributed by atoms with Crippen molar-refractivity contribution in [3.8, 4) is 5.75 Å². The van der Waals surface area contributed by atoms with E-state index in [0.717, 1.165) is 29.7 Å². The van der Waals surface area contributed by atoms with Crippen LogP contribution < -0.4 is 4.74 Å². The highest BCUT2D eigenvalue weighted by atomic mass is 16.7. The van der Waals surface area contributed by atoms with Gasteiger partial charge in [-0.3, -0.25) is 9.59 Å². The molecule has 2 atom stereocenters. The Morgan fingerprint density at radius 2 is 1.87 bits per heavy atom. The normalized spacial score (nSPS) is 26.4. The molecule has 0 bridgehead atoms. The fraction of sp³-hybridized carbons (Fsp3) is 0.556. The van der Waals surface area contributed by atoms with Crippen LogP contribution in [0.3, 0.4) is 0 Å². The molecular formula is C18H22O5. The molecule has 0 radical (unpaired) electrons. The molecule has 1 aromatic rings. The summed E-state index contributed by atoms with van der Waals surface area (Å²) in [5, 5.41) is 0. The second-order valence-corrected chi connectivity index (χ2v) is 6.68. The monoisotopic (exact) mass is 318 g/mol. The molecule has 0 saturated carbocycles. The van der Waals surface area contributed by atoms with E-state index < -0.39 is 23.6 Å². The minimum Gasteiger partial charge on any atom is -0.497 e. The van der Waals surface area contributed by atoms with Gasteiger partial charge in [0.15, 0.2) is 5.92 Å². The van der Waals surface area contributed by atoms with E-state index in [1.165, 1.54) is 0 Å². The fourth-order valence-electron chi connectivity index (χ4n) is 3.73. The molecule has 1 aromatic carbocycles. The van der Waals surface area contributed by atoms with Crippen LogP contribution in [0.1, 0.15) is 44.2 Å². The van der Waals surface area contributed by atoms with E-state index in [0.29, 0.717) is 0 Å². The smallest absolute Gasteiger partial charge is 0.324 e. The molecule has 0 N–H and O–H groups in total. The van der Waals surface area contributed by atoms with Crippen LogP contribution in [-0.4, -0.2) is 24.8 Å². The van der Waals surface area contributed by atoms with Gasteiger partial charge in [-0.05, 0) is 35.6 Å². The molecule has 1 fully saturated rings. The number of fused-ring (bicyclic) bond motifs is 1. The zero-order valence-electron chi connectivity index (χ0n) is 13.9. The minimum absolute atomic E-state index is 0.211. The van der Waals surface area contributed by atoms with E-state index in [1.807, 2.05) is 18.2 Å². The fourth-order valence-corrected chi connectivity index (χ4v) is 3.73. The predicted molar refractivity (Wildman–Crippen MR) is 83.0 cm³/mol. The molecule has 0 amide bonds. The van der Waals surface area contributed by atoms with Crippen molar-refractivity contribution in [2.75, 3.05) is 7.11 Å². The van der Waals surface area contributed by atoms with Crippen molar-refractivity contribution in [1.29, 1.82) is 0 Å². The summed E-state index contributed by atoms with van der Waals surface area (Å²) in [7, 11) is 1.61. The summed E-state index contributed by atoms with van der Waals surface area (Å²) in [6.45, 7) is 5.22. The highest BCUT2D eigenvalue weighted by molar-refractivity contribution is 5.98. The summed E-state index contributed by atoms with van der Waals surface area (Å²) in [5.74, 6) is -2.37. The Morgan fingerprint density at radius 3 is 2.43 bits per heavy atom. The average Bonchev–Trinajstić information content (AvgIpc) is 2.83. The molecule has 23 heavy (non-hydrogen) atoms. The van der Waals surface area contributed by atoms with E-state index in [9.17, 15) is 9.59 Å². The van der Waals surface area contributed by atoms with Crippen LogP contribution >= 0.6 is 0 Å². The second-order valence-electron chi connectivity index (χ2n) is 6.68. The molecule has 2 aliphatic rings. The van der Waals surface area contributed by atoms with Crippen LogP contribution in [0, 0.1) is 11.8 Å². The van der Waals surface area contributed by atoms with Gasteiger partial charge in [-0.15, -0.1) is 0 Å². The molecule has 1 heterocycles. The molecule has 1 aliphatic carbocycles. The number of cyclic esters (lactones) is 2. The average molecular weight is 318 g/mol. The van der Waals surface area contributed by atoms with E-state index in [-0.39, 0.29) is 11.8 Å². The van der Waals surface area contributed by atoms with Crippen molar-refractivity contribution in [1.82, 2.24) is 0 Å². The molecule has 0 spiro atoms. The number of hydrogen-bond donors (Lipinski definition) is 0. The van der Waals surface area contributed by atoms with Crippen LogP contribution in [0.2, 0.25) is 0 Å². The lowest BCUT2D eigenvalue weighted by atomic mass is 9.79. The van der Waals surface area contributed by atoms with Crippen LogP contribution in [0.15, 0.2) is 18.2 Å². The number of benzene rings is 1. The Hall–Kier alpha value is -2.04. The van der Waals surface area contributed by atoms with Crippen LogP contribution in [0.25, 0.3) is 0 Å². The lowest BCUT2D eigenvalue weighted by Crippen LogP contribution is -2.48. The Labute approximate surface area is 135 Å². The number of methoxy groups -OCH3 is 1. The topological polar surface area (TPSA) is 61.8 Å². The third-order valence-corrected chi connectivity index (χ3v) is 4.79. The molecule has 1 aliphatic heterocycles.